The van der Waals surface area contributed by atoms with Crippen molar-refractivity contribution in [3.8, 4) is 0 Å². The number of benzene rings is 3. The monoisotopic (exact) mass is 355 g/mol. The van der Waals surface area contributed by atoms with Crippen LogP contribution < -0.4 is 5.32 Å². The first-order chi connectivity index (χ1) is 12.5. The molecule has 0 saturated carbocycles. The third-order valence-corrected chi connectivity index (χ3v) is 3.74. The van der Waals surface area contributed by atoms with E-state index in [-0.39, 0.29) is 16.9 Å². The topological polar surface area (TPSA) is 46.2 Å². The summed E-state index contributed by atoms with van der Waals surface area (Å²) >= 11 is 0. The minimum Gasteiger partial charge on any atom is -0.319 e. The van der Waals surface area contributed by atoms with Crippen LogP contribution in [-0.2, 0) is 0 Å². The first kappa shape index (κ1) is 17.4. The van der Waals surface area contributed by atoms with Gasteiger partial charge in [-0.15, -0.1) is 0 Å². The van der Waals surface area contributed by atoms with Crippen LogP contribution in [0, 0.1) is 17.5 Å². The van der Waals surface area contributed by atoms with Crippen LogP contribution in [0.15, 0.2) is 66.7 Å². The van der Waals surface area contributed by atoms with E-state index in [1.54, 1.807) is 36.4 Å². The van der Waals surface area contributed by atoms with E-state index in [1.807, 2.05) is 0 Å². The van der Waals surface area contributed by atoms with E-state index in [0.29, 0.717) is 11.6 Å². The van der Waals surface area contributed by atoms with Crippen molar-refractivity contribution in [3.63, 3.8) is 0 Å². The maximum absolute atomic E-state index is 13.8. The molecule has 0 radical (unpaired) electrons. The molecule has 130 valence electrons. The summed E-state index contributed by atoms with van der Waals surface area (Å²) < 4.78 is 40.1. The zero-order chi connectivity index (χ0) is 18.7. The fourth-order valence-electron chi connectivity index (χ4n) is 2.44. The van der Waals surface area contributed by atoms with Gasteiger partial charge in [0.25, 0.3) is 5.91 Å². The highest BCUT2D eigenvalue weighted by molar-refractivity contribution is 6.17. The molecule has 0 aromatic heterocycles. The Kier molecular flexibility index (Phi) is 4.84. The standard InChI is InChI=1S/C20H12F3NO2/c21-15-10-11-16(18(23)17(15)22)24-20(26)14-9-5-4-8-13(14)19(25)12-6-2-1-3-7-12/h1-11H,(H,24,26). The summed E-state index contributed by atoms with van der Waals surface area (Å²) in [5, 5.41) is 2.17. The fourth-order valence-corrected chi connectivity index (χ4v) is 2.44. The van der Waals surface area contributed by atoms with Gasteiger partial charge < -0.3 is 5.32 Å². The quantitative estimate of drug-likeness (QED) is 0.550. The van der Waals surface area contributed by atoms with Crippen molar-refractivity contribution < 1.29 is 22.8 Å². The Labute approximate surface area is 147 Å². The molecule has 0 spiro atoms. The molecule has 6 heteroatoms. The minimum absolute atomic E-state index is 0.00881. The molecule has 0 fully saturated rings. The minimum atomic E-state index is -1.68. The Morgan fingerprint density at radius 1 is 0.692 bits per heavy atom. The summed E-state index contributed by atoms with van der Waals surface area (Å²) in [5.41, 5.74) is -0.0349. The van der Waals surface area contributed by atoms with Crippen LogP contribution in [0.5, 0.6) is 0 Å². The summed E-state index contributed by atoms with van der Waals surface area (Å²) in [6.45, 7) is 0. The second kappa shape index (κ2) is 7.23. The summed E-state index contributed by atoms with van der Waals surface area (Å²) in [6, 6.07) is 15.9. The number of ketones is 1. The van der Waals surface area contributed by atoms with Gasteiger partial charge in [-0.2, -0.15) is 0 Å². The molecule has 0 saturated heterocycles. The molecule has 0 aliphatic heterocycles. The largest absolute Gasteiger partial charge is 0.319 e. The van der Waals surface area contributed by atoms with Crippen molar-refractivity contribution in [2.24, 2.45) is 0 Å². The fraction of sp³-hybridized carbons (Fsp3) is 0. The van der Waals surface area contributed by atoms with E-state index in [1.165, 1.54) is 18.2 Å². The third-order valence-electron chi connectivity index (χ3n) is 3.74. The summed E-state index contributed by atoms with van der Waals surface area (Å²) in [5.74, 6) is -5.75. The van der Waals surface area contributed by atoms with Crippen molar-refractivity contribution in [1.29, 1.82) is 0 Å². The highest BCUT2D eigenvalue weighted by Gasteiger charge is 2.20. The Morgan fingerprint density at radius 2 is 1.31 bits per heavy atom. The average molecular weight is 355 g/mol. The number of hydrogen-bond donors (Lipinski definition) is 1. The van der Waals surface area contributed by atoms with Gasteiger partial charge in [0.2, 0.25) is 0 Å². The third kappa shape index (κ3) is 3.35. The van der Waals surface area contributed by atoms with Gasteiger partial charge in [0.05, 0.1) is 11.3 Å². The molecule has 3 aromatic carbocycles. The smallest absolute Gasteiger partial charge is 0.256 e. The van der Waals surface area contributed by atoms with Gasteiger partial charge in [-0.1, -0.05) is 48.5 Å². The summed E-state index contributed by atoms with van der Waals surface area (Å²) in [7, 11) is 0. The van der Waals surface area contributed by atoms with Gasteiger partial charge in [0.15, 0.2) is 23.2 Å². The van der Waals surface area contributed by atoms with Crippen LogP contribution in [0.4, 0.5) is 18.9 Å². The van der Waals surface area contributed by atoms with Crippen LogP contribution >= 0.6 is 0 Å². The number of nitrogens with one attached hydrogen (secondary N) is 1. The molecule has 1 amide bonds. The molecule has 3 aromatic rings. The van der Waals surface area contributed by atoms with E-state index in [9.17, 15) is 22.8 Å². The lowest BCUT2D eigenvalue weighted by atomic mass is 9.98. The zero-order valence-corrected chi connectivity index (χ0v) is 13.3. The van der Waals surface area contributed by atoms with E-state index in [4.69, 9.17) is 0 Å². The lowest BCUT2D eigenvalue weighted by Crippen LogP contribution is -2.18. The van der Waals surface area contributed by atoms with Gasteiger partial charge in [-0.25, -0.2) is 13.2 Å². The summed E-state index contributed by atoms with van der Waals surface area (Å²) in [6.07, 6.45) is 0. The van der Waals surface area contributed by atoms with Gasteiger partial charge in [-0.3, -0.25) is 9.59 Å². The Balaban J connectivity index is 1.94. The molecule has 0 aliphatic carbocycles. The number of anilines is 1. The zero-order valence-electron chi connectivity index (χ0n) is 13.3. The van der Waals surface area contributed by atoms with Crippen molar-refractivity contribution >= 4 is 17.4 Å². The maximum atomic E-state index is 13.8. The van der Waals surface area contributed by atoms with Crippen LogP contribution in [0.25, 0.3) is 0 Å². The molecule has 0 heterocycles. The van der Waals surface area contributed by atoms with E-state index in [0.717, 1.165) is 6.07 Å². The van der Waals surface area contributed by atoms with E-state index in [2.05, 4.69) is 5.32 Å². The van der Waals surface area contributed by atoms with Crippen LogP contribution in [0.2, 0.25) is 0 Å². The number of hydrogen-bond acceptors (Lipinski definition) is 2. The molecular weight excluding hydrogens is 343 g/mol. The van der Waals surface area contributed by atoms with Crippen molar-refractivity contribution in [3.05, 3.63) is 101 Å². The Hall–Kier alpha value is -3.41. The first-order valence-corrected chi connectivity index (χ1v) is 7.62. The SMILES string of the molecule is O=C(Nc1ccc(F)c(F)c1F)c1ccccc1C(=O)c1ccccc1. The van der Waals surface area contributed by atoms with Crippen LogP contribution in [0.3, 0.4) is 0 Å². The second-order valence-corrected chi connectivity index (χ2v) is 5.42. The molecule has 0 atom stereocenters. The first-order valence-electron chi connectivity index (χ1n) is 7.62. The van der Waals surface area contributed by atoms with E-state index >= 15 is 0 Å². The molecular formula is C20H12F3NO2. The van der Waals surface area contributed by atoms with Crippen LogP contribution in [0.1, 0.15) is 26.3 Å². The number of halogens is 3. The predicted octanol–water partition coefficient (Wildman–Crippen LogP) is 4.59. The molecule has 0 aliphatic rings. The highest BCUT2D eigenvalue weighted by Crippen LogP contribution is 2.22. The van der Waals surface area contributed by atoms with Crippen molar-refractivity contribution in [2.45, 2.75) is 0 Å². The number of rotatable bonds is 4. The van der Waals surface area contributed by atoms with Gasteiger partial charge >= 0.3 is 0 Å². The number of carbonyl (C=O) groups excluding carboxylic acids is 2. The number of amides is 1. The van der Waals surface area contributed by atoms with E-state index < -0.39 is 29.0 Å². The predicted molar refractivity (Wildman–Crippen MR) is 90.6 cm³/mol. The second-order valence-electron chi connectivity index (χ2n) is 5.42. The molecule has 3 rings (SSSR count). The number of carbonyl (C=O) groups is 2. The van der Waals surface area contributed by atoms with Gasteiger partial charge in [0, 0.05) is 11.1 Å². The lowest BCUT2D eigenvalue weighted by Gasteiger charge is -2.11. The molecule has 0 unspecified atom stereocenters. The van der Waals surface area contributed by atoms with Gasteiger partial charge in [-0.05, 0) is 18.2 Å². The Morgan fingerprint density at radius 3 is 2.00 bits per heavy atom. The molecule has 1 N–H and O–H groups in total. The summed E-state index contributed by atoms with van der Waals surface area (Å²) in [4.78, 5) is 25.1. The highest BCUT2D eigenvalue weighted by atomic mass is 19.2. The van der Waals surface area contributed by atoms with Crippen LogP contribution in [-0.4, -0.2) is 11.7 Å². The average Bonchev–Trinajstić information content (AvgIpc) is 2.68. The van der Waals surface area contributed by atoms with Gasteiger partial charge in [0.1, 0.15) is 0 Å². The molecule has 26 heavy (non-hydrogen) atoms. The molecule has 0 bridgehead atoms. The lowest BCUT2D eigenvalue weighted by molar-refractivity contribution is 0.0996. The normalized spacial score (nSPS) is 10.4. The van der Waals surface area contributed by atoms with Crippen molar-refractivity contribution in [2.75, 3.05) is 5.32 Å². The Bertz CT molecular complexity index is 988. The maximum Gasteiger partial charge on any atom is 0.256 e. The van der Waals surface area contributed by atoms with Crippen molar-refractivity contribution in [1.82, 2.24) is 0 Å². The molecule has 3 nitrogen and oxygen atoms in total.